The van der Waals surface area contributed by atoms with E-state index in [1.807, 2.05) is 30.3 Å². The van der Waals surface area contributed by atoms with Crippen LogP contribution in [0.2, 0.25) is 0 Å². The Morgan fingerprint density at radius 1 is 1.17 bits per heavy atom. The zero-order valence-corrected chi connectivity index (χ0v) is 14.8. The van der Waals surface area contributed by atoms with E-state index < -0.39 is 29.6 Å². The molecule has 0 saturated heterocycles. The van der Waals surface area contributed by atoms with Gasteiger partial charge in [-0.3, -0.25) is 14.5 Å². The highest BCUT2D eigenvalue weighted by atomic mass is 16.6. The monoisotopic (exact) mass is 335 g/mol. The molecule has 0 spiro atoms. The average molecular weight is 335 g/mol. The van der Waals surface area contributed by atoms with Gasteiger partial charge in [0.15, 0.2) is 0 Å². The predicted octanol–water partition coefficient (Wildman–Crippen LogP) is 1.71. The van der Waals surface area contributed by atoms with Gasteiger partial charge in [0.05, 0.1) is 0 Å². The number of nitrogens with zero attached hydrogens (tertiary/aromatic N) is 2. The van der Waals surface area contributed by atoms with Gasteiger partial charge in [0.25, 0.3) is 5.91 Å². The summed E-state index contributed by atoms with van der Waals surface area (Å²) in [5, 5.41) is 0.522. The van der Waals surface area contributed by atoms with Gasteiger partial charge in [-0.2, -0.15) is 0 Å². The van der Waals surface area contributed by atoms with E-state index in [0.29, 0.717) is 5.01 Å². The van der Waals surface area contributed by atoms with E-state index in [-0.39, 0.29) is 6.42 Å². The van der Waals surface area contributed by atoms with Crippen molar-refractivity contribution in [3.8, 4) is 0 Å². The van der Waals surface area contributed by atoms with Crippen molar-refractivity contribution >= 4 is 17.9 Å². The molecule has 7 heteroatoms. The largest absolute Gasteiger partial charge is 0.444 e. The molecule has 0 bridgehead atoms. The van der Waals surface area contributed by atoms with Gasteiger partial charge >= 0.3 is 6.09 Å². The van der Waals surface area contributed by atoms with Crippen LogP contribution in [-0.4, -0.2) is 46.5 Å². The van der Waals surface area contributed by atoms with Crippen LogP contribution in [0.4, 0.5) is 4.79 Å². The summed E-state index contributed by atoms with van der Waals surface area (Å²) in [5.41, 5.74) is 0.137. The molecular formula is C17H25N3O4. The maximum atomic E-state index is 12.5. The smallest absolute Gasteiger partial charge is 0.410 e. The van der Waals surface area contributed by atoms with Crippen LogP contribution in [0, 0.1) is 0 Å². The first-order chi connectivity index (χ1) is 11.0. The summed E-state index contributed by atoms with van der Waals surface area (Å²) in [6.45, 7) is 6.39. The fourth-order valence-corrected chi connectivity index (χ4v) is 2.00. The van der Waals surface area contributed by atoms with E-state index in [2.05, 4.69) is 0 Å². The molecule has 24 heavy (non-hydrogen) atoms. The minimum absolute atomic E-state index is 0.219. The quantitative estimate of drug-likeness (QED) is 0.514. The number of imide groups is 1. The summed E-state index contributed by atoms with van der Waals surface area (Å²) in [4.78, 5) is 37.4. The molecule has 1 rings (SSSR count). The topological polar surface area (TPSA) is 92.9 Å². The molecule has 0 aliphatic rings. The zero-order chi connectivity index (χ0) is 18.5. The molecule has 0 aliphatic carbocycles. The van der Waals surface area contributed by atoms with Gasteiger partial charge < -0.3 is 4.74 Å². The lowest BCUT2D eigenvalue weighted by molar-refractivity contribution is -0.147. The number of carbonyl (C=O) groups excluding carboxylic acids is 3. The lowest BCUT2D eigenvalue weighted by Gasteiger charge is -2.31. The highest BCUT2D eigenvalue weighted by Gasteiger charge is 2.33. The Morgan fingerprint density at radius 3 is 2.17 bits per heavy atom. The van der Waals surface area contributed by atoms with Gasteiger partial charge in [0, 0.05) is 20.4 Å². The standard InChI is InChI=1S/C17H25N3O4/c1-12(21)20(18)15(22)14(11-13-9-7-6-8-10-13)19(5)16(23)24-17(2,3)4/h6-10,14H,11,18H2,1-5H3/t14-/m1/s1. The summed E-state index contributed by atoms with van der Waals surface area (Å²) in [6.07, 6.45) is -0.440. The molecule has 2 N–H and O–H groups in total. The Labute approximate surface area is 142 Å². The second-order valence-corrected chi connectivity index (χ2v) is 6.52. The summed E-state index contributed by atoms with van der Waals surface area (Å²) in [7, 11) is 1.45. The van der Waals surface area contributed by atoms with Crippen molar-refractivity contribution in [2.75, 3.05) is 7.05 Å². The van der Waals surface area contributed by atoms with Crippen LogP contribution in [0.15, 0.2) is 30.3 Å². The van der Waals surface area contributed by atoms with Crippen LogP contribution < -0.4 is 5.84 Å². The maximum absolute atomic E-state index is 12.5. The van der Waals surface area contributed by atoms with Crippen molar-refractivity contribution in [3.05, 3.63) is 35.9 Å². The average Bonchev–Trinajstić information content (AvgIpc) is 2.49. The second-order valence-electron chi connectivity index (χ2n) is 6.52. The first kappa shape index (κ1) is 19.6. The molecule has 0 aromatic heterocycles. The Hall–Kier alpha value is -2.41. The third-order valence-corrected chi connectivity index (χ3v) is 3.28. The van der Waals surface area contributed by atoms with Crippen molar-refractivity contribution < 1.29 is 19.1 Å². The second kappa shape index (κ2) is 7.92. The van der Waals surface area contributed by atoms with E-state index in [1.165, 1.54) is 18.9 Å². The van der Waals surface area contributed by atoms with Crippen molar-refractivity contribution in [2.24, 2.45) is 5.84 Å². The summed E-state index contributed by atoms with van der Waals surface area (Å²) in [6, 6.07) is 8.22. The Kier molecular flexibility index (Phi) is 6.48. The van der Waals surface area contributed by atoms with Crippen molar-refractivity contribution in [2.45, 2.75) is 45.8 Å². The van der Waals surface area contributed by atoms with Gasteiger partial charge in [-0.25, -0.2) is 15.6 Å². The fourth-order valence-electron chi connectivity index (χ4n) is 2.00. The molecule has 0 saturated carbocycles. The van der Waals surface area contributed by atoms with E-state index in [9.17, 15) is 14.4 Å². The van der Waals surface area contributed by atoms with Crippen LogP contribution >= 0.6 is 0 Å². The molecule has 132 valence electrons. The molecule has 0 unspecified atom stereocenters. The van der Waals surface area contributed by atoms with Crippen molar-refractivity contribution in [1.82, 2.24) is 9.91 Å². The molecule has 0 aliphatic heterocycles. The van der Waals surface area contributed by atoms with Gasteiger partial charge in [-0.05, 0) is 26.3 Å². The Balaban J connectivity index is 3.05. The van der Waals surface area contributed by atoms with E-state index >= 15 is 0 Å². The number of amides is 3. The number of benzene rings is 1. The third-order valence-electron chi connectivity index (χ3n) is 3.28. The molecule has 0 heterocycles. The highest BCUT2D eigenvalue weighted by molar-refractivity contribution is 5.97. The van der Waals surface area contributed by atoms with Crippen LogP contribution in [0.25, 0.3) is 0 Å². The first-order valence-electron chi connectivity index (χ1n) is 7.62. The van der Waals surface area contributed by atoms with Gasteiger partial charge in [-0.1, -0.05) is 30.3 Å². The zero-order valence-electron chi connectivity index (χ0n) is 14.8. The molecule has 0 fully saturated rings. The van der Waals surface area contributed by atoms with Gasteiger partial charge in [0.1, 0.15) is 11.6 Å². The third kappa shape index (κ3) is 5.66. The summed E-state index contributed by atoms with van der Waals surface area (Å²) >= 11 is 0. The van der Waals surface area contributed by atoms with Crippen molar-refractivity contribution in [1.29, 1.82) is 0 Å². The first-order valence-corrected chi connectivity index (χ1v) is 7.62. The summed E-state index contributed by atoms with van der Waals surface area (Å²) < 4.78 is 5.30. The minimum atomic E-state index is -0.948. The number of likely N-dealkylation sites (N-methyl/N-ethyl adjacent to an activating group) is 1. The Bertz CT molecular complexity index is 596. The SMILES string of the molecule is CC(=O)N(N)C(=O)[C@@H](Cc1ccccc1)N(C)C(=O)OC(C)(C)C. The van der Waals surface area contributed by atoms with Crippen LogP contribution in [0.5, 0.6) is 0 Å². The number of nitrogens with two attached hydrogens (primary N) is 1. The molecular weight excluding hydrogens is 310 g/mol. The number of ether oxygens (including phenoxy) is 1. The van der Waals surface area contributed by atoms with E-state index in [1.54, 1.807) is 20.8 Å². The molecule has 7 nitrogen and oxygen atoms in total. The lowest BCUT2D eigenvalue weighted by Crippen LogP contribution is -2.54. The maximum Gasteiger partial charge on any atom is 0.410 e. The number of hydrogen-bond donors (Lipinski definition) is 1. The lowest BCUT2D eigenvalue weighted by atomic mass is 10.0. The van der Waals surface area contributed by atoms with E-state index in [0.717, 1.165) is 5.56 Å². The molecule has 3 amide bonds. The van der Waals surface area contributed by atoms with Crippen LogP contribution in [-0.2, 0) is 20.7 Å². The number of rotatable bonds is 4. The predicted molar refractivity (Wildman–Crippen MR) is 89.6 cm³/mol. The van der Waals surface area contributed by atoms with Gasteiger partial charge in [-0.15, -0.1) is 0 Å². The molecule has 1 aromatic rings. The molecule has 0 radical (unpaired) electrons. The minimum Gasteiger partial charge on any atom is -0.444 e. The van der Waals surface area contributed by atoms with Crippen LogP contribution in [0.1, 0.15) is 33.3 Å². The molecule has 1 atom stereocenters. The molecule has 1 aromatic carbocycles. The normalized spacial score (nSPS) is 12.2. The van der Waals surface area contributed by atoms with E-state index in [4.69, 9.17) is 10.6 Å². The number of hydrazine groups is 1. The van der Waals surface area contributed by atoms with Crippen LogP contribution in [0.3, 0.4) is 0 Å². The highest BCUT2D eigenvalue weighted by Crippen LogP contribution is 2.15. The Morgan fingerprint density at radius 2 is 1.71 bits per heavy atom. The van der Waals surface area contributed by atoms with Gasteiger partial charge in [0.2, 0.25) is 5.91 Å². The number of carbonyl (C=O) groups is 3. The number of hydrogen-bond acceptors (Lipinski definition) is 5. The fraction of sp³-hybridized carbons (Fsp3) is 0.471. The summed E-state index contributed by atoms with van der Waals surface area (Å²) in [5.74, 6) is 4.27. The van der Waals surface area contributed by atoms with Crippen molar-refractivity contribution in [3.63, 3.8) is 0 Å².